The molecule has 0 fully saturated rings. The largest absolute Gasteiger partial charge is 0.494 e. The van der Waals surface area contributed by atoms with E-state index >= 15 is 0 Å². The van der Waals surface area contributed by atoms with E-state index in [0.29, 0.717) is 23.5 Å². The number of ether oxygens (including phenoxy) is 1. The van der Waals surface area contributed by atoms with Gasteiger partial charge in [-0.1, -0.05) is 11.8 Å². The van der Waals surface area contributed by atoms with Crippen LogP contribution in [-0.2, 0) is 4.79 Å². The van der Waals surface area contributed by atoms with Crippen molar-refractivity contribution in [2.75, 3.05) is 17.7 Å². The summed E-state index contributed by atoms with van der Waals surface area (Å²) in [6.07, 6.45) is 0. The summed E-state index contributed by atoms with van der Waals surface area (Å²) in [5.74, 6) is 1.72. The van der Waals surface area contributed by atoms with Crippen LogP contribution in [0.1, 0.15) is 18.3 Å². The monoisotopic (exact) mass is 384 g/mol. The van der Waals surface area contributed by atoms with Crippen LogP contribution in [-0.4, -0.2) is 43.4 Å². The van der Waals surface area contributed by atoms with Crippen LogP contribution in [0.15, 0.2) is 35.5 Å². The molecule has 2 aromatic heterocycles. The van der Waals surface area contributed by atoms with Crippen LogP contribution in [0.2, 0.25) is 0 Å². The minimum absolute atomic E-state index is 0.175. The maximum Gasteiger partial charge on any atom is 0.237 e. The zero-order valence-corrected chi connectivity index (χ0v) is 16.1. The molecule has 3 aromatic rings. The summed E-state index contributed by atoms with van der Waals surface area (Å²) in [5.41, 5.74) is 2.51. The zero-order valence-electron chi connectivity index (χ0n) is 15.3. The van der Waals surface area contributed by atoms with Crippen LogP contribution < -0.4 is 10.1 Å². The number of carbonyl (C=O) groups excluding carboxylic acids is 1. The van der Waals surface area contributed by atoms with Gasteiger partial charge in [-0.2, -0.15) is 0 Å². The van der Waals surface area contributed by atoms with Crippen molar-refractivity contribution in [2.24, 2.45) is 0 Å². The summed E-state index contributed by atoms with van der Waals surface area (Å²) < 4.78 is 5.43. The van der Waals surface area contributed by atoms with Crippen molar-refractivity contribution in [3.05, 3.63) is 41.7 Å². The number of benzene rings is 1. The van der Waals surface area contributed by atoms with Crippen LogP contribution in [0.4, 0.5) is 5.95 Å². The van der Waals surface area contributed by atoms with E-state index in [0.717, 1.165) is 22.7 Å². The Kier molecular flexibility index (Phi) is 6.02. The molecule has 0 bridgehead atoms. The van der Waals surface area contributed by atoms with Crippen LogP contribution in [0.3, 0.4) is 0 Å². The maximum atomic E-state index is 12.1. The van der Waals surface area contributed by atoms with Crippen molar-refractivity contribution >= 4 is 23.6 Å². The lowest BCUT2D eigenvalue weighted by Crippen LogP contribution is -2.16. The van der Waals surface area contributed by atoms with Crippen molar-refractivity contribution in [3.63, 3.8) is 0 Å². The van der Waals surface area contributed by atoms with Gasteiger partial charge in [0.1, 0.15) is 5.75 Å². The van der Waals surface area contributed by atoms with E-state index in [9.17, 15) is 4.79 Å². The van der Waals surface area contributed by atoms with Gasteiger partial charge in [0, 0.05) is 17.0 Å². The van der Waals surface area contributed by atoms with Gasteiger partial charge < -0.3 is 9.72 Å². The SMILES string of the molecule is CCOc1ccc(-c2nnc(SCC(=O)Nc3nc(C)cc(C)n3)[nH]2)cc1. The molecule has 0 saturated carbocycles. The second-order valence-electron chi connectivity index (χ2n) is 5.75. The van der Waals surface area contributed by atoms with E-state index in [1.54, 1.807) is 0 Å². The Balaban J connectivity index is 1.56. The number of amides is 1. The number of H-pyrrole nitrogens is 1. The van der Waals surface area contributed by atoms with Crippen LogP contribution in [0.5, 0.6) is 5.75 Å². The Morgan fingerprint density at radius 2 is 1.85 bits per heavy atom. The number of aromatic nitrogens is 5. The van der Waals surface area contributed by atoms with Gasteiger partial charge in [-0.15, -0.1) is 10.2 Å². The molecule has 0 atom stereocenters. The number of anilines is 1. The fourth-order valence-electron chi connectivity index (χ4n) is 2.39. The van der Waals surface area contributed by atoms with Crippen LogP contribution in [0.25, 0.3) is 11.4 Å². The molecule has 0 spiro atoms. The van der Waals surface area contributed by atoms with E-state index in [2.05, 4.69) is 30.5 Å². The molecule has 0 aliphatic rings. The third-order valence-electron chi connectivity index (χ3n) is 3.48. The fourth-order valence-corrected chi connectivity index (χ4v) is 3.00. The number of nitrogens with one attached hydrogen (secondary N) is 2. The van der Waals surface area contributed by atoms with Gasteiger partial charge in [0.15, 0.2) is 11.0 Å². The predicted molar refractivity (Wildman–Crippen MR) is 104 cm³/mol. The van der Waals surface area contributed by atoms with Crippen molar-refractivity contribution in [1.29, 1.82) is 0 Å². The standard InChI is InChI=1S/C18H20N6O2S/c1-4-26-14-7-5-13(6-8-14)16-22-18(24-23-16)27-10-15(25)21-17-19-11(2)9-12(3)20-17/h5-9H,4,10H2,1-3H3,(H,22,23,24)(H,19,20,21,25). The average molecular weight is 384 g/mol. The third kappa shape index (κ3) is 5.27. The summed E-state index contributed by atoms with van der Waals surface area (Å²) in [5, 5.41) is 11.5. The molecule has 9 heteroatoms. The van der Waals surface area contributed by atoms with E-state index in [1.165, 1.54) is 11.8 Å². The number of rotatable bonds is 7. The number of aryl methyl sites for hydroxylation is 2. The molecule has 1 amide bonds. The van der Waals surface area contributed by atoms with Gasteiger partial charge in [0.2, 0.25) is 11.9 Å². The van der Waals surface area contributed by atoms with E-state index in [1.807, 2.05) is 51.1 Å². The number of thioether (sulfide) groups is 1. The molecule has 140 valence electrons. The van der Waals surface area contributed by atoms with Gasteiger partial charge in [-0.05, 0) is 51.1 Å². The molecule has 0 saturated heterocycles. The first kappa shape index (κ1) is 18.8. The number of aromatic amines is 1. The zero-order chi connectivity index (χ0) is 19.2. The Hall–Kier alpha value is -2.94. The fraction of sp³-hybridized carbons (Fsp3) is 0.278. The van der Waals surface area contributed by atoms with Crippen LogP contribution in [0, 0.1) is 13.8 Å². The molecular formula is C18H20N6O2S. The molecule has 0 unspecified atom stereocenters. The second-order valence-corrected chi connectivity index (χ2v) is 6.71. The van der Waals surface area contributed by atoms with Gasteiger partial charge in [-0.25, -0.2) is 9.97 Å². The summed E-state index contributed by atoms with van der Waals surface area (Å²) in [7, 11) is 0. The van der Waals surface area contributed by atoms with E-state index < -0.39 is 0 Å². The summed E-state index contributed by atoms with van der Waals surface area (Å²) in [6, 6.07) is 9.42. The summed E-state index contributed by atoms with van der Waals surface area (Å²) in [4.78, 5) is 23.6. The minimum Gasteiger partial charge on any atom is -0.494 e. The van der Waals surface area contributed by atoms with E-state index in [4.69, 9.17) is 4.74 Å². The molecule has 2 heterocycles. The molecule has 3 rings (SSSR count). The molecule has 1 aromatic carbocycles. The number of carbonyl (C=O) groups is 1. The first-order chi connectivity index (χ1) is 13.0. The Morgan fingerprint density at radius 3 is 2.52 bits per heavy atom. The first-order valence-electron chi connectivity index (χ1n) is 8.44. The molecule has 0 aliphatic carbocycles. The molecule has 2 N–H and O–H groups in total. The summed E-state index contributed by atoms with van der Waals surface area (Å²) in [6.45, 7) is 6.28. The molecule has 0 aliphatic heterocycles. The highest BCUT2D eigenvalue weighted by molar-refractivity contribution is 7.99. The second kappa shape index (κ2) is 8.63. The first-order valence-corrected chi connectivity index (χ1v) is 9.43. The Labute approximate surface area is 161 Å². The van der Waals surface area contributed by atoms with E-state index in [-0.39, 0.29) is 11.7 Å². The van der Waals surface area contributed by atoms with Gasteiger partial charge in [0.05, 0.1) is 12.4 Å². The number of hydrogen-bond acceptors (Lipinski definition) is 7. The van der Waals surface area contributed by atoms with Gasteiger partial charge in [-0.3, -0.25) is 10.1 Å². The Morgan fingerprint density at radius 1 is 1.15 bits per heavy atom. The maximum absolute atomic E-state index is 12.1. The van der Waals surface area contributed by atoms with Gasteiger partial charge in [0.25, 0.3) is 0 Å². The highest BCUT2D eigenvalue weighted by Crippen LogP contribution is 2.22. The quantitative estimate of drug-likeness (QED) is 0.603. The highest BCUT2D eigenvalue weighted by Gasteiger charge is 2.10. The topological polar surface area (TPSA) is 106 Å². The molecule has 8 nitrogen and oxygen atoms in total. The average Bonchev–Trinajstić information content (AvgIpc) is 3.09. The number of hydrogen-bond donors (Lipinski definition) is 2. The lowest BCUT2D eigenvalue weighted by Gasteiger charge is -2.04. The van der Waals surface area contributed by atoms with Crippen molar-refractivity contribution < 1.29 is 9.53 Å². The summed E-state index contributed by atoms with van der Waals surface area (Å²) >= 11 is 1.26. The number of nitrogens with zero attached hydrogens (tertiary/aromatic N) is 4. The van der Waals surface area contributed by atoms with Gasteiger partial charge >= 0.3 is 0 Å². The van der Waals surface area contributed by atoms with Crippen molar-refractivity contribution in [2.45, 2.75) is 25.9 Å². The predicted octanol–water partition coefficient (Wildman–Crippen LogP) is 3.01. The minimum atomic E-state index is -0.205. The molecule has 0 radical (unpaired) electrons. The van der Waals surface area contributed by atoms with Crippen molar-refractivity contribution in [1.82, 2.24) is 25.1 Å². The normalized spacial score (nSPS) is 10.6. The van der Waals surface area contributed by atoms with Crippen LogP contribution >= 0.6 is 11.8 Å². The molecular weight excluding hydrogens is 364 g/mol. The smallest absolute Gasteiger partial charge is 0.237 e. The van der Waals surface area contributed by atoms with Crippen molar-refractivity contribution in [3.8, 4) is 17.1 Å². The Bertz CT molecular complexity index is 906. The lowest BCUT2D eigenvalue weighted by molar-refractivity contribution is -0.113. The highest BCUT2D eigenvalue weighted by atomic mass is 32.2. The lowest BCUT2D eigenvalue weighted by atomic mass is 10.2. The third-order valence-corrected chi connectivity index (χ3v) is 4.34. The molecule has 27 heavy (non-hydrogen) atoms.